The van der Waals surface area contributed by atoms with Gasteiger partial charge in [0.1, 0.15) is 6.61 Å². The van der Waals surface area contributed by atoms with Crippen LogP contribution in [-0.4, -0.2) is 75.5 Å². The average Bonchev–Trinajstić information content (AvgIpc) is 3.05. The molecule has 9 nitrogen and oxygen atoms in total. The molecular formula is C20H26N2O7. The van der Waals surface area contributed by atoms with Crippen molar-refractivity contribution in [3.63, 3.8) is 0 Å². The van der Waals surface area contributed by atoms with Gasteiger partial charge in [0.15, 0.2) is 0 Å². The molecule has 0 saturated heterocycles. The summed E-state index contributed by atoms with van der Waals surface area (Å²) >= 11 is 0. The summed E-state index contributed by atoms with van der Waals surface area (Å²) < 4.78 is 21.1. The van der Waals surface area contributed by atoms with E-state index < -0.39 is 6.09 Å². The molecule has 0 bridgehead atoms. The van der Waals surface area contributed by atoms with Crippen LogP contribution in [0.4, 0.5) is 4.79 Å². The third-order valence-electron chi connectivity index (χ3n) is 3.83. The van der Waals surface area contributed by atoms with Crippen molar-refractivity contribution in [1.82, 2.24) is 10.2 Å². The number of hydrogen-bond donors (Lipinski definition) is 1. The molecule has 0 aliphatic carbocycles. The number of hydrogen-bond acceptors (Lipinski definition) is 7. The van der Waals surface area contributed by atoms with E-state index in [1.807, 2.05) is 30.3 Å². The van der Waals surface area contributed by atoms with Gasteiger partial charge in [0.25, 0.3) is 11.8 Å². The van der Waals surface area contributed by atoms with Crippen LogP contribution in [0, 0.1) is 0 Å². The summed E-state index contributed by atoms with van der Waals surface area (Å²) in [5.74, 6) is -0.628. The second-order valence-electron chi connectivity index (χ2n) is 5.99. The van der Waals surface area contributed by atoms with Crippen LogP contribution in [-0.2, 0) is 35.1 Å². The fourth-order valence-corrected chi connectivity index (χ4v) is 2.35. The highest BCUT2D eigenvalue weighted by Crippen LogP contribution is 2.02. The number of benzene rings is 1. The summed E-state index contributed by atoms with van der Waals surface area (Å²) in [7, 11) is 0. The van der Waals surface area contributed by atoms with Crippen molar-refractivity contribution in [2.75, 3.05) is 52.7 Å². The fourth-order valence-electron chi connectivity index (χ4n) is 2.35. The molecule has 29 heavy (non-hydrogen) atoms. The molecule has 0 spiro atoms. The average molecular weight is 406 g/mol. The standard InChI is InChI=1S/C20H26N2O7/c23-18-6-7-19(24)22(18)9-11-27-13-15-28-14-12-26-10-8-21-20(25)29-16-17-4-2-1-3-5-17/h1-7H,8-16H2,(H,21,25). The summed E-state index contributed by atoms with van der Waals surface area (Å²) in [5, 5.41) is 2.60. The van der Waals surface area contributed by atoms with E-state index in [9.17, 15) is 14.4 Å². The first-order valence-electron chi connectivity index (χ1n) is 9.38. The van der Waals surface area contributed by atoms with Gasteiger partial charge in [-0.25, -0.2) is 4.79 Å². The number of carbonyl (C=O) groups is 3. The highest BCUT2D eigenvalue weighted by molar-refractivity contribution is 6.12. The summed E-state index contributed by atoms with van der Waals surface area (Å²) in [5.41, 5.74) is 0.926. The molecule has 0 atom stereocenters. The van der Waals surface area contributed by atoms with Gasteiger partial charge in [0.05, 0.1) is 46.2 Å². The minimum atomic E-state index is -0.487. The SMILES string of the molecule is O=C(NCCOCCOCCOCCN1C(=O)C=CC1=O)OCc1ccccc1. The lowest BCUT2D eigenvalue weighted by atomic mass is 10.2. The van der Waals surface area contributed by atoms with Gasteiger partial charge in [-0.2, -0.15) is 0 Å². The Morgan fingerprint density at radius 2 is 1.41 bits per heavy atom. The molecule has 3 amide bonds. The monoisotopic (exact) mass is 406 g/mol. The van der Waals surface area contributed by atoms with Gasteiger partial charge in [-0.1, -0.05) is 30.3 Å². The van der Waals surface area contributed by atoms with Gasteiger partial charge < -0.3 is 24.3 Å². The number of amides is 3. The predicted octanol–water partition coefficient (Wildman–Crippen LogP) is 0.888. The Morgan fingerprint density at radius 1 is 0.828 bits per heavy atom. The second kappa shape index (κ2) is 13.4. The predicted molar refractivity (Wildman–Crippen MR) is 103 cm³/mol. The first-order chi connectivity index (χ1) is 14.2. The largest absolute Gasteiger partial charge is 0.445 e. The Morgan fingerprint density at radius 3 is 2.07 bits per heavy atom. The summed E-state index contributed by atoms with van der Waals surface area (Å²) in [6.45, 7) is 2.96. The van der Waals surface area contributed by atoms with E-state index in [0.717, 1.165) is 10.5 Å². The Hall–Kier alpha value is -2.75. The van der Waals surface area contributed by atoms with Gasteiger partial charge in [-0.3, -0.25) is 14.5 Å². The lowest BCUT2D eigenvalue weighted by Gasteiger charge is -2.13. The van der Waals surface area contributed by atoms with Crippen LogP contribution in [0.2, 0.25) is 0 Å². The Balaban J connectivity index is 1.32. The lowest BCUT2D eigenvalue weighted by Crippen LogP contribution is -2.33. The van der Waals surface area contributed by atoms with E-state index in [-0.39, 0.29) is 31.6 Å². The van der Waals surface area contributed by atoms with Crippen LogP contribution in [0.3, 0.4) is 0 Å². The van der Waals surface area contributed by atoms with E-state index in [1.165, 1.54) is 12.2 Å². The van der Waals surface area contributed by atoms with Crippen LogP contribution in [0.15, 0.2) is 42.5 Å². The van der Waals surface area contributed by atoms with Crippen molar-refractivity contribution in [2.45, 2.75) is 6.61 Å². The minimum Gasteiger partial charge on any atom is -0.445 e. The second-order valence-corrected chi connectivity index (χ2v) is 5.99. The third-order valence-corrected chi connectivity index (χ3v) is 3.83. The molecule has 0 unspecified atom stereocenters. The zero-order chi connectivity index (χ0) is 20.7. The first-order valence-corrected chi connectivity index (χ1v) is 9.38. The third kappa shape index (κ3) is 9.33. The number of nitrogens with zero attached hydrogens (tertiary/aromatic N) is 1. The highest BCUT2D eigenvalue weighted by atomic mass is 16.6. The zero-order valence-corrected chi connectivity index (χ0v) is 16.2. The molecule has 0 aromatic heterocycles. The van der Waals surface area contributed by atoms with Crippen molar-refractivity contribution < 1.29 is 33.3 Å². The Bertz CT molecular complexity index is 661. The first kappa shape index (κ1) is 22.5. The fraction of sp³-hybridized carbons (Fsp3) is 0.450. The quantitative estimate of drug-likeness (QED) is 0.361. The zero-order valence-electron chi connectivity index (χ0n) is 16.2. The summed E-state index contributed by atoms with van der Waals surface area (Å²) in [6.07, 6.45) is 2.00. The van der Waals surface area contributed by atoms with Crippen molar-refractivity contribution >= 4 is 17.9 Å². The molecule has 1 aromatic carbocycles. The maximum atomic E-state index is 11.5. The van der Waals surface area contributed by atoms with E-state index in [4.69, 9.17) is 18.9 Å². The van der Waals surface area contributed by atoms with Gasteiger partial charge in [0.2, 0.25) is 0 Å². The van der Waals surface area contributed by atoms with Crippen LogP contribution in [0.5, 0.6) is 0 Å². The maximum Gasteiger partial charge on any atom is 0.407 e. The van der Waals surface area contributed by atoms with Crippen LogP contribution in [0.1, 0.15) is 5.56 Å². The molecule has 0 fully saturated rings. The topological polar surface area (TPSA) is 103 Å². The van der Waals surface area contributed by atoms with Crippen LogP contribution in [0.25, 0.3) is 0 Å². The Labute approximate surface area is 169 Å². The van der Waals surface area contributed by atoms with Gasteiger partial charge in [0, 0.05) is 18.7 Å². The van der Waals surface area contributed by atoms with Gasteiger partial charge in [-0.15, -0.1) is 0 Å². The van der Waals surface area contributed by atoms with E-state index in [2.05, 4.69) is 5.32 Å². The summed E-state index contributed by atoms with van der Waals surface area (Å²) in [6, 6.07) is 9.44. The summed E-state index contributed by atoms with van der Waals surface area (Å²) in [4.78, 5) is 35.3. The number of carbonyl (C=O) groups excluding carboxylic acids is 3. The molecule has 2 rings (SSSR count). The van der Waals surface area contributed by atoms with Crippen molar-refractivity contribution in [3.05, 3.63) is 48.0 Å². The van der Waals surface area contributed by atoms with Crippen molar-refractivity contribution in [3.8, 4) is 0 Å². The molecular weight excluding hydrogens is 380 g/mol. The van der Waals surface area contributed by atoms with E-state index in [1.54, 1.807) is 0 Å². The van der Waals surface area contributed by atoms with Crippen molar-refractivity contribution in [1.29, 1.82) is 0 Å². The van der Waals surface area contributed by atoms with Gasteiger partial charge >= 0.3 is 6.09 Å². The number of nitrogens with one attached hydrogen (secondary N) is 1. The minimum absolute atomic E-state index is 0.227. The normalized spacial score (nSPS) is 13.2. The van der Waals surface area contributed by atoms with Crippen LogP contribution >= 0.6 is 0 Å². The van der Waals surface area contributed by atoms with Crippen molar-refractivity contribution in [2.24, 2.45) is 0 Å². The van der Waals surface area contributed by atoms with E-state index >= 15 is 0 Å². The molecule has 1 aromatic rings. The molecule has 1 aliphatic rings. The number of ether oxygens (including phenoxy) is 4. The molecule has 158 valence electrons. The number of imide groups is 1. The number of alkyl carbamates (subject to hydrolysis) is 1. The molecule has 9 heteroatoms. The maximum absolute atomic E-state index is 11.5. The van der Waals surface area contributed by atoms with Crippen LogP contribution < -0.4 is 5.32 Å². The van der Waals surface area contributed by atoms with Gasteiger partial charge in [-0.05, 0) is 5.56 Å². The molecule has 1 heterocycles. The van der Waals surface area contributed by atoms with E-state index in [0.29, 0.717) is 39.6 Å². The molecule has 1 N–H and O–H groups in total. The molecule has 1 aliphatic heterocycles. The lowest BCUT2D eigenvalue weighted by molar-refractivity contribution is -0.137. The highest BCUT2D eigenvalue weighted by Gasteiger charge is 2.22. The molecule has 0 radical (unpaired) electrons. The number of rotatable bonds is 14. The Kier molecular flexibility index (Phi) is 10.4. The smallest absolute Gasteiger partial charge is 0.407 e. The molecule has 0 saturated carbocycles.